The van der Waals surface area contributed by atoms with Crippen molar-refractivity contribution in [1.82, 2.24) is 9.99 Å². The molecule has 2 aromatic heterocycles. The summed E-state index contributed by atoms with van der Waals surface area (Å²) in [7, 11) is 0. The van der Waals surface area contributed by atoms with Crippen molar-refractivity contribution in [3.63, 3.8) is 0 Å². The first-order chi connectivity index (χ1) is 22.2. The molecule has 2 amide bonds. The number of aromatic nitrogens is 1. The lowest BCUT2D eigenvalue weighted by Crippen LogP contribution is -2.21. The quantitative estimate of drug-likeness (QED) is 0.0967. The fourth-order valence-corrected chi connectivity index (χ4v) is 4.53. The second kappa shape index (κ2) is 14.0. The summed E-state index contributed by atoms with van der Waals surface area (Å²) in [6.07, 6.45) is 1.14. The summed E-state index contributed by atoms with van der Waals surface area (Å²) in [5.41, 5.74) is 5.60. The molecule has 0 fully saturated rings. The van der Waals surface area contributed by atoms with Crippen molar-refractivity contribution >= 4 is 29.4 Å². The van der Waals surface area contributed by atoms with Crippen LogP contribution in [0, 0.1) is 29.8 Å². The number of hydrazone groups is 1. The number of nitro benzene ring substituents is 1. The molecule has 0 atom stereocenters. The number of nitro groups is 1. The van der Waals surface area contributed by atoms with Crippen molar-refractivity contribution in [2.24, 2.45) is 5.10 Å². The topological polar surface area (TPSA) is 150 Å². The number of amides is 2. The van der Waals surface area contributed by atoms with E-state index in [1.165, 1.54) is 48.5 Å². The van der Waals surface area contributed by atoms with Crippen molar-refractivity contribution in [3.8, 4) is 17.2 Å². The smallest absolute Gasteiger partial charge is 0.311 e. The normalized spacial score (nSPS) is 10.9. The molecule has 0 radical (unpaired) electrons. The van der Waals surface area contributed by atoms with Gasteiger partial charge in [-0.25, -0.2) is 9.82 Å². The maximum absolute atomic E-state index is 13.1. The summed E-state index contributed by atoms with van der Waals surface area (Å²) in [5, 5.41) is 18.0. The monoisotopic (exact) mass is 625 g/mol. The Labute approximate surface area is 262 Å². The minimum Gasteiger partial charge on any atom is -0.486 e. The molecule has 234 valence electrons. The highest BCUT2D eigenvalue weighted by molar-refractivity contribution is 5.94. The molecule has 3 aromatic carbocycles. The van der Waals surface area contributed by atoms with Crippen LogP contribution in [0.4, 0.5) is 15.8 Å². The molecule has 2 N–H and O–H groups in total. The van der Waals surface area contributed by atoms with E-state index in [-0.39, 0.29) is 23.7 Å². The maximum Gasteiger partial charge on any atom is 0.311 e. The zero-order valence-corrected chi connectivity index (χ0v) is 24.7. The van der Waals surface area contributed by atoms with E-state index in [0.717, 1.165) is 23.3 Å². The van der Waals surface area contributed by atoms with Crippen LogP contribution in [0.2, 0.25) is 0 Å². The molecule has 12 nitrogen and oxygen atoms in total. The Morgan fingerprint density at radius 3 is 2.37 bits per heavy atom. The zero-order valence-electron chi connectivity index (χ0n) is 24.7. The largest absolute Gasteiger partial charge is 0.486 e. The van der Waals surface area contributed by atoms with Crippen LogP contribution in [0.3, 0.4) is 0 Å². The van der Waals surface area contributed by atoms with Gasteiger partial charge >= 0.3 is 11.6 Å². The van der Waals surface area contributed by atoms with E-state index < -0.39 is 34.8 Å². The number of anilines is 1. The van der Waals surface area contributed by atoms with Gasteiger partial charge in [-0.3, -0.25) is 19.7 Å². The Kier molecular flexibility index (Phi) is 9.51. The van der Waals surface area contributed by atoms with Gasteiger partial charge in [0.15, 0.2) is 12.4 Å². The minimum absolute atomic E-state index is 0.0300. The number of nitrogens with zero attached hydrogens (tertiary/aromatic N) is 3. The summed E-state index contributed by atoms with van der Waals surface area (Å²) >= 11 is 0. The van der Waals surface area contributed by atoms with E-state index in [1.54, 1.807) is 6.07 Å². The first kappa shape index (κ1) is 31.2. The predicted molar refractivity (Wildman–Crippen MR) is 167 cm³/mol. The molecule has 0 saturated carbocycles. The third-order valence-electron chi connectivity index (χ3n) is 6.70. The molecule has 0 spiro atoms. The summed E-state index contributed by atoms with van der Waals surface area (Å²) in [6, 6.07) is 23.9. The van der Waals surface area contributed by atoms with Crippen molar-refractivity contribution < 1.29 is 32.8 Å². The van der Waals surface area contributed by atoms with Gasteiger partial charge in [-0.1, -0.05) is 6.07 Å². The highest BCUT2D eigenvalue weighted by atomic mass is 19.1. The number of carbonyl (C=O) groups is 2. The lowest BCUT2D eigenvalue weighted by molar-refractivity contribution is -0.385. The molecule has 0 aliphatic carbocycles. The summed E-state index contributed by atoms with van der Waals surface area (Å²) in [4.78, 5) is 35.9. The number of benzene rings is 3. The van der Waals surface area contributed by atoms with Crippen LogP contribution in [0.25, 0.3) is 5.69 Å². The van der Waals surface area contributed by atoms with Gasteiger partial charge in [-0.15, -0.1) is 0 Å². The Morgan fingerprint density at radius 1 is 0.957 bits per heavy atom. The lowest BCUT2D eigenvalue weighted by atomic mass is 10.2. The van der Waals surface area contributed by atoms with Gasteiger partial charge < -0.3 is 23.8 Å². The van der Waals surface area contributed by atoms with Gasteiger partial charge in [0, 0.05) is 34.4 Å². The molecular formula is C33H28FN5O7. The Balaban J connectivity index is 1.17. The fraction of sp³-hybridized carbons (Fsp3) is 0.121. The molecular weight excluding hydrogens is 597 g/mol. The number of rotatable bonds is 12. The molecule has 0 unspecified atom stereocenters. The number of furan rings is 1. The van der Waals surface area contributed by atoms with Crippen LogP contribution in [0.5, 0.6) is 11.5 Å². The van der Waals surface area contributed by atoms with Gasteiger partial charge in [0.1, 0.15) is 23.9 Å². The number of para-hydroxylation sites is 1. The lowest BCUT2D eigenvalue weighted by Gasteiger charge is -2.10. The Morgan fingerprint density at radius 2 is 1.67 bits per heavy atom. The fourth-order valence-electron chi connectivity index (χ4n) is 4.53. The summed E-state index contributed by atoms with van der Waals surface area (Å²) < 4.78 is 32.1. The van der Waals surface area contributed by atoms with Crippen molar-refractivity contribution in [2.75, 3.05) is 11.9 Å². The average Bonchev–Trinajstić information content (AvgIpc) is 3.66. The number of ether oxygens (including phenoxy) is 2. The van der Waals surface area contributed by atoms with Gasteiger partial charge in [0.2, 0.25) is 5.75 Å². The van der Waals surface area contributed by atoms with E-state index in [0.29, 0.717) is 17.2 Å². The third-order valence-corrected chi connectivity index (χ3v) is 6.70. The zero-order chi connectivity index (χ0) is 32.6. The van der Waals surface area contributed by atoms with E-state index >= 15 is 0 Å². The third kappa shape index (κ3) is 7.63. The van der Waals surface area contributed by atoms with Crippen molar-refractivity contribution in [1.29, 1.82) is 0 Å². The van der Waals surface area contributed by atoms with E-state index in [9.17, 15) is 24.1 Å². The van der Waals surface area contributed by atoms with E-state index in [2.05, 4.69) is 32.5 Å². The number of halogens is 1. The maximum atomic E-state index is 13.1. The predicted octanol–water partition coefficient (Wildman–Crippen LogP) is 6.09. The molecule has 5 rings (SSSR count). The number of nitrogens with one attached hydrogen (secondary N) is 2. The molecule has 5 aromatic rings. The Bertz CT molecular complexity index is 1880. The number of carbonyl (C=O) groups excluding carboxylic acids is 2. The van der Waals surface area contributed by atoms with Crippen LogP contribution in [-0.4, -0.2) is 34.1 Å². The van der Waals surface area contributed by atoms with E-state index in [1.807, 2.05) is 38.1 Å². The average molecular weight is 626 g/mol. The molecule has 0 saturated heterocycles. The number of aryl methyl sites for hydroxylation is 2. The molecule has 0 aliphatic rings. The van der Waals surface area contributed by atoms with Crippen LogP contribution < -0.4 is 20.2 Å². The number of hydrogen-bond acceptors (Lipinski definition) is 8. The highest BCUT2D eigenvalue weighted by Gasteiger charge is 2.20. The van der Waals surface area contributed by atoms with Gasteiger partial charge in [-0.2, -0.15) is 5.10 Å². The first-order valence-corrected chi connectivity index (χ1v) is 13.9. The summed E-state index contributed by atoms with van der Waals surface area (Å²) in [5.74, 6) is -0.998. The van der Waals surface area contributed by atoms with Crippen LogP contribution in [0.1, 0.15) is 33.3 Å². The second-order valence-corrected chi connectivity index (χ2v) is 10.00. The van der Waals surface area contributed by atoms with Gasteiger partial charge in [-0.05, 0) is 92.7 Å². The Hall–Kier alpha value is -6.24. The molecule has 46 heavy (non-hydrogen) atoms. The van der Waals surface area contributed by atoms with Crippen molar-refractivity contribution in [3.05, 3.63) is 135 Å². The molecule has 13 heteroatoms. The number of hydrogen-bond donors (Lipinski definition) is 2. The standard InChI is InChI=1S/C33H28FN5O7/c1-21-6-7-22(2)38(21)26-12-14-27(15-13-26)44-19-28-16-17-30(46-28)33(41)37-35-18-23-4-3-5-29(39(42)43)32(23)45-20-31(40)36-25-10-8-24(34)9-11-25/h3-18H,19-20H2,1-2H3,(H,36,40)(H,37,41)/b35-18+. The van der Waals surface area contributed by atoms with Crippen molar-refractivity contribution in [2.45, 2.75) is 20.5 Å². The first-order valence-electron chi connectivity index (χ1n) is 13.9. The van der Waals surface area contributed by atoms with E-state index in [4.69, 9.17) is 13.9 Å². The van der Waals surface area contributed by atoms with Gasteiger partial charge in [0.05, 0.1) is 11.1 Å². The minimum atomic E-state index is -0.673. The van der Waals surface area contributed by atoms with Crippen LogP contribution in [-0.2, 0) is 11.4 Å². The molecule has 2 heterocycles. The van der Waals surface area contributed by atoms with Crippen LogP contribution in [0.15, 0.2) is 101 Å². The van der Waals surface area contributed by atoms with Gasteiger partial charge in [0.25, 0.3) is 5.91 Å². The highest BCUT2D eigenvalue weighted by Crippen LogP contribution is 2.30. The van der Waals surface area contributed by atoms with Crippen LogP contribution >= 0.6 is 0 Å². The summed E-state index contributed by atoms with van der Waals surface area (Å²) in [6.45, 7) is 3.58. The molecule has 0 bridgehead atoms. The second-order valence-electron chi connectivity index (χ2n) is 10.00. The molecule has 0 aliphatic heterocycles. The SMILES string of the molecule is Cc1ccc(C)n1-c1ccc(OCc2ccc(C(=O)N/N=C/c3cccc([N+](=O)[O-])c3OCC(=O)Nc3ccc(F)cc3)o2)cc1.